The van der Waals surface area contributed by atoms with Gasteiger partial charge in [0.05, 0.1) is 23.3 Å². The Labute approximate surface area is 138 Å². The quantitative estimate of drug-likeness (QED) is 0.437. The number of aliphatic imine (C=N–C) groups is 1. The maximum atomic E-state index is 12.2. The molecule has 128 valence electrons. The molecule has 0 aliphatic carbocycles. The lowest BCUT2D eigenvalue weighted by Crippen LogP contribution is -2.29. The molecule has 1 rings (SSSR count). The summed E-state index contributed by atoms with van der Waals surface area (Å²) >= 11 is 0. The smallest absolute Gasteiger partial charge is 0.227 e. The molecule has 6 nitrogen and oxygen atoms in total. The van der Waals surface area contributed by atoms with Crippen LogP contribution in [0.5, 0.6) is 0 Å². The monoisotopic (exact) mass is 320 g/mol. The van der Waals surface area contributed by atoms with E-state index in [0.29, 0.717) is 17.9 Å². The second kappa shape index (κ2) is 8.53. The minimum atomic E-state index is -0.841. The van der Waals surface area contributed by atoms with E-state index in [-0.39, 0.29) is 11.8 Å². The zero-order valence-electron chi connectivity index (χ0n) is 14.4. The predicted octanol–water partition coefficient (Wildman–Crippen LogP) is 2.86. The molecule has 0 radical (unpaired) electrons. The highest BCUT2D eigenvalue weighted by atomic mass is 16.3. The number of benzene rings is 1. The Morgan fingerprint density at radius 2 is 2.04 bits per heavy atom. The van der Waals surface area contributed by atoms with Gasteiger partial charge in [0.25, 0.3) is 0 Å². The maximum absolute atomic E-state index is 12.2. The number of carbonyl (C=O) groups is 1. The highest BCUT2D eigenvalue weighted by molar-refractivity contribution is 5.93. The zero-order chi connectivity index (χ0) is 17.5. The van der Waals surface area contributed by atoms with Crippen LogP contribution in [-0.4, -0.2) is 29.5 Å². The first kappa shape index (κ1) is 19.0. The van der Waals surface area contributed by atoms with Crippen molar-refractivity contribution in [3.8, 4) is 0 Å². The van der Waals surface area contributed by atoms with Crippen LogP contribution in [0.3, 0.4) is 0 Å². The predicted molar refractivity (Wildman–Crippen MR) is 96.3 cm³/mol. The Morgan fingerprint density at radius 3 is 2.57 bits per heavy atom. The van der Waals surface area contributed by atoms with E-state index in [9.17, 15) is 9.90 Å². The largest absolute Gasteiger partial charge is 0.390 e. The maximum Gasteiger partial charge on any atom is 0.227 e. The van der Waals surface area contributed by atoms with Gasteiger partial charge in [0.1, 0.15) is 0 Å². The number of nitrogens with one attached hydrogen (secondary N) is 2. The second-order valence-corrected chi connectivity index (χ2v) is 6.18. The average molecular weight is 320 g/mol. The topological polar surface area (TPSA) is 99.7 Å². The van der Waals surface area contributed by atoms with Crippen molar-refractivity contribution in [1.29, 1.82) is 0 Å². The molecule has 0 saturated carbocycles. The number of anilines is 2. The molecule has 23 heavy (non-hydrogen) atoms. The molecule has 0 unspecified atom stereocenters. The summed E-state index contributed by atoms with van der Waals surface area (Å²) in [6.07, 6.45) is 2.82. The van der Waals surface area contributed by atoms with E-state index in [4.69, 9.17) is 5.73 Å². The van der Waals surface area contributed by atoms with Gasteiger partial charge in [0.2, 0.25) is 5.91 Å². The van der Waals surface area contributed by atoms with Crippen molar-refractivity contribution < 1.29 is 9.90 Å². The second-order valence-electron chi connectivity index (χ2n) is 6.18. The summed E-state index contributed by atoms with van der Waals surface area (Å²) in [7, 11) is 0. The van der Waals surface area contributed by atoms with Crippen molar-refractivity contribution in [2.24, 2.45) is 16.6 Å². The SMILES string of the molecule is CCC(CC)C(=O)Nc1ccc(NCC(C)(C)O)c(N=CN)c1. The van der Waals surface area contributed by atoms with Gasteiger partial charge in [-0.1, -0.05) is 13.8 Å². The molecular weight excluding hydrogens is 292 g/mol. The minimum Gasteiger partial charge on any atom is -0.390 e. The van der Waals surface area contributed by atoms with Gasteiger partial charge in [0.15, 0.2) is 0 Å². The van der Waals surface area contributed by atoms with Gasteiger partial charge in [-0.3, -0.25) is 4.79 Å². The van der Waals surface area contributed by atoms with E-state index in [1.54, 1.807) is 19.9 Å². The molecule has 1 amide bonds. The summed E-state index contributed by atoms with van der Waals surface area (Å²) in [6.45, 7) is 7.81. The Morgan fingerprint density at radius 1 is 1.39 bits per heavy atom. The number of rotatable bonds is 8. The van der Waals surface area contributed by atoms with Gasteiger partial charge >= 0.3 is 0 Å². The van der Waals surface area contributed by atoms with Crippen LogP contribution < -0.4 is 16.4 Å². The molecule has 6 heteroatoms. The summed E-state index contributed by atoms with van der Waals surface area (Å²) in [5.41, 5.74) is 6.59. The third-order valence-corrected chi connectivity index (χ3v) is 3.55. The highest BCUT2D eigenvalue weighted by Gasteiger charge is 2.16. The zero-order valence-corrected chi connectivity index (χ0v) is 14.4. The van der Waals surface area contributed by atoms with Crippen LogP contribution in [0.4, 0.5) is 17.1 Å². The Bertz CT molecular complexity index is 546. The lowest BCUT2D eigenvalue weighted by Gasteiger charge is -2.20. The first-order chi connectivity index (χ1) is 10.8. The number of hydrogen-bond donors (Lipinski definition) is 4. The number of carbonyl (C=O) groups excluding carboxylic acids is 1. The molecule has 0 aliphatic rings. The van der Waals surface area contributed by atoms with Gasteiger partial charge in [-0.25, -0.2) is 4.99 Å². The molecule has 0 aliphatic heterocycles. The fourth-order valence-corrected chi connectivity index (χ4v) is 2.16. The first-order valence-electron chi connectivity index (χ1n) is 7.96. The molecule has 0 bridgehead atoms. The lowest BCUT2D eigenvalue weighted by atomic mass is 10.0. The van der Waals surface area contributed by atoms with Crippen LogP contribution in [-0.2, 0) is 4.79 Å². The summed E-state index contributed by atoms with van der Waals surface area (Å²) in [5.74, 6) is 0.0133. The third kappa shape index (κ3) is 6.28. The van der Waals surface area contributed by atoms with E-state index in [2.05, 4.69) is 15.6 Å². The Balaban J connectivity index is 2.92. The van der Waals surface area contributed by atoms with Crippen molar-refractivity contribution >= 4 is 29.3 Å². The number of hydrogen-bond acceptors (Lipinski definition) is 4. The lowest BCUT2D eigenvalue weighted by molar-refractivity contribution is -0.120. The van der Waals surface area contributed by atoms with Crippen LogP contribution in [0.1, 0.15) is 40.5 Å². The molecule has 0 atom stereocenters. The first-order valence-corrected chi connectivity index (χ1v) is 7.96. The molecule has 1 aromatic carbocycles. The summed E-state index contributed by atoms with van der Waals surface area (Å²) in [6, 6.07) is 5.38. The molecule has 0 saturated heterocycles. The minimum absolute atomic E-state index is 0.00412. The Kier molecular flexibility index (Phi) is 7.03. The van der Waals surface area contributed by atoms with Crippen molar-refractivity contribution in [3.05, 3.63) is 18.2 Å². The van der Waals surface area contributed by atoms with E-state index in [1.807, 2.05) is 26.0 Å². The standard InChI is InChI=1S/C17H28N4O2/c1-5-12(6-2)16(22)21-13-7-8-14(15(9-13)20-11-18)19-10-17(3,4)23/h7-9,11-12,19,23H,5-6,10H2,1-4H3,(H2,18,20)(H,21,22). The molecule has 0 heterocycles. The van der Waals surface area contributed by atoms with Gasteiger partial charge in [-0.2, -0.15) is 0 Å². The Hall–Kier alpha value is -2.08. The molecule has 0 spiro atoms. The van der Waals surface area contributed by atoms with E-state index in [1.165, 1.54) is 6.34 Å². The van der Waals surface area contributed by atoms with Gasteiger partial charge < -0.3 is 21.5 Å². The van der Waals surface area contributed by atoms with Crippen LogP contribution >= 0.6 is 0 Å². The van der Waals surface area contributed by atoms with Crippen LogP contribution in [0.15, 0.2) is 23.2 Å². The van der Waals surface area contributed by atoms with Crippen molar-refractivity contribution in [2.45, 2.75) is 46.1 Å². The van der Waals surface area contributed by atoms with Gasteiger partial charge in [0, 0.05) is 18.2 Å². The molecule has 0 fully saturated rings. The van der Waals surface area contributed by atoms with E-state index in [0.717, 1.165) is 18.5 Å². The molecular formula is C17H28N4O2. The van der Waals surface area contributed by atoms with Crippen LogP contribution in [0.25, 0.3) is 0 Å². The van der Waals surface area contributed by atoms with Crippen molar-refractivity contribution in [2.75, 3.05) is 17.2 Å². The fourth-order valence-electron chi connectivity index (χ4n) is 2.16. The summed E-state index contributed by atoms with van der Waals surface area (Å²) < 4.78 is 0. The third-order valence-electron chi connectivity index (χ3n) is 3.55. The number of aliphatic hydroxyl groups is 1. The van der Waals surface area contributed by atoms with E-state index >= 15 is 0 Å². The van der Waals surface area contributed by atoms with Gasteiger partial charge in [-0.15, -0.1) is 0 Å². The van der Waals surface area contributed by atoms with Crippen LogP contribution in [0, 0.1) is 5.92 Å². The van der Waals surface area contributed by atoms with Crippen molar-refractivity contribution in [3.63, 3.8) is 0 Å². The number of nitrogens with zero attached hydrogens (tertiary/aromatic N) is 1. The fraction of sp³-hybridized carbons (Fsp3) is 0.529. The highest BCUT2D eigenvalue weighted by Crippen LogP contribution is 2.29. The van der Waals surface area contributed by atoms with Crippen molar-refractivity contribution in [1.82, 2.24) is 0 Å². The molecule has 1 aromatic rings. The number of amides is 1. The normalized spacial score (nSPS) is 11.9. The average Bonchev–Trinajstić information content (AvgIpc) is 2.47. The van der Waals surface area contributed by atoms with Crippen LogP contribution in [0.2, 0.25) is 0 Å². The summed E-state index contributed by atoms with van der Waals surface area (Å²) in [4.78, 5) is 16.3. The van der Waals surface area contributed by atoms with E-state index < -0.39 is 5.60 Å². The van der Waals surface area contributed by atoms with Gasteiger partial charge in [-0.05, 0) is 44.9 Å². The molecule has 0 aromatic heterocycles. The number of nitrogens with two attached hydrogens (primary N) is 1. The molecule has 5 N–H and O–H groups in total. The summed E-state index contributed by atoms with van der Waals surface area (Å²) in [5, 5.41) is 15.8.